The molecule has 1 aromatic heterocycles. The highest BCUT2D eigenvalue weighted by Crippen LogP contribution is 2.28. The van der Waals surface area contributed by atoms with Crippen LogP contribution in [-0.2, 0) is 0 Å². The number of nitrogens with zero attached hydrogens (tertiary/aromatic N) is 4. The minimum absolute atomic E-state index is 0.0623. The smallest absolute Gasteiger partial charge is 0.253 e. The molecule has 0 radical (unpaired) electrons. The van der Waals surface area contributed by atoms with Gasteiger partial charge in [0.15, 0.2) is 0 Å². The second-order valence-corrected chi connectivity index (χ2v) is 9.25. The van der Waals surface area contributed by atoms with Crippen LogP contribution in [-0.4, -0.2) is 77.2 Å². The Kier molecular flexibility index (Phi) is 5.95. The molecule has 0 aliphatic carbocycles. The van der Waals surface area contributed by atoms with Gasteiger partial charge in [0.2, 0.25) is 0 Å². The van der Waals surface area contributed by atoms with Gasteiger partial charge in [0.25, 0.3) is 5.91 Å². The van der Waals surface area contributed by atoms with Crippen LogP contribution in [0.15, 0.2) is 54.7 Å². The lowest BCUT2D eigenvalue weighted by Gasteiger charge is -2.39. The topological polar surface area (TPSA) is 59.9 Å². The number of carbonyl (C=O) groups excluding carboxylic acids is 1. The van der Waals surface area contributed by atoms with E-state index in [0.29, 0.717) is 28.7 Å². The molecule has 32 heavy (non-hydrogen) atoms. The van der Waals surface area contributed by atoms with Gasteiger partial charge in [0, 0.05) is 66.5 Å². The minimum Gasteiger partial charge on any atom is -0.390 e. The molecule has 2 saturated heterocycles. The maximum atomic E-state index is 12.8. The van der Waals surface area contributed by atoms with Crippen molar-refractivity contribution in [3.05, 3.63) is 70.3 Å². The van der Waals surface area contributed by atoms with E-state index in [1.807, 2.05) is 30.5 Å². The van der Waals surface area contributed by atoms with E-state index in [-0.39, 0.29) is 11.9 Å². The number of aliphatic hydroxyl groups is 1. The first kappa shape index (κ1) is 21.5. The first-order chi connectivity index (χ1) is 15.5. The van der Waals surface area contributed by atoms with Crippen molar-refractivity contribution in [1.82, 2.24) is 14.8 Å². The predicted molar refractivity (Wildman–Crippen MR) is 128 cm³/mol. The zero-order valence-corrected chi connectivity index (χ0v) is 19.0. The predicted octanol–water partition coefficient (Wildman–Crippen LogP) is 3.55. The summed E-state index contributed by atoms with van der Waals surface area (Å²) in [6, 6.07) is 14.7. The summed E-state index contributed by atoms with van der Waals surface area (Å²) in [6.45, 7) is 4.09. The molecule has 6 nitrogen and oxygen atoms in total. The highest BCUT2D eigenvalue weighted by atomic mass is 35.5. The van der Waals surface area contributed by atoms with Gasteiger partial charge >= 0.3 is 0 Å². The first-order valence-corrected chi connectivity index (χ1v) is 11.5. The molecule has 2 atom stereocenters. The zero-order chi connectivity index (χ0) is 22.2. The molecule has 2 aliphatic rings. The average molecular weight is 471 g/mol. The summed E-state index contributed by atoms with van der Waals surface area (Å²) in [5.41, 5.74) is 0.592. The summed E-state index contributed by atoms with van der Waals surface area (Å²) in [4.78, 5) is 23.8. The fourth-order valence-corrected chi connectivity index (χ4v) is 5.03. The fraction of sp³-hybridized carbons (Fsp3) is 0.333. The molecule has 2 fully saturated rings. The Morgan fingerprint density at radius 2 is 1.66 bits per heavy atom. The Bertz CT molecular complexity index is 1130. The van der Waals surface area contributed by atoms with Crippen LogP contribution in [0.5, 0.6) is 0 Å². The van der Waals surface area contributed by atoms with Crippen molar-refractivity contribution in [2.45, 2.75) is 12.1 Å². The number of rotatable bonds is 3. The standard InChI is InChI=1S/C24H24Cl2N4O2/c25-18-3-1-16(2-4-18)24(32)30-14-21(22(31)15-30)28-9-11-29(12-10-28)23-20-6-5-19(26)13-17(20)7-8-27-23/h1-8,13,21-22,31H,9-12,14-15H2. The number of anilines is 1. The number of piperazine rings is 1. The van der Waals surface area contributed by atoms with Gasteiger partial charge < -0.3 is 14.9 Å². The van der Waals surface area contributed by atoms with E-state index in [2.05, 4.69) is 14.8 Å². The molecule has 3 aromatic rings. The summed E-state index contributed by atoms with van der Waals surface area (Å²) in [5, 5.41) is 14.2. The van der Waals surface area contributed by atoms with E-state index in [1.54, 1.807) is 29.2 Å². The van der Waals surface area contributed by atoms with Gasteiger partial charge in [-0.1, -0.05) is 23.2 Å². The molecule has 8 heteroatoms. The minimum atomic E-state index is -0.560. The van der Waals surface area contributed by atoms with Crippen molar-refractivity contribution in [1.29, 1.82) is 0 Å². The number of benzene rings is 2. The number of fused-ring (bicyclic) bond motifs is 1. The highest BCUT2D eigenvalue weighted by Gasteiger charge is 2.39. The monoisotopic (exact) mass is 470 g/mol. The molecule has 1 amide bonds. The van der Waals surface area contributed by atoms with Gasteiger partial charge in [-0.05, 0) is 53.9 Å². The van der Waals surface area contributed by atoms with Crippen molar-refractivity contribution in [2.24, 2.45) is 0 Å². The lowest BCUT2D eigenvalue weighted by Crippen LogP contribution is -2.54. The van der Waals surface area contributed by atoms with E-state index >= 15 is 0 Å². The molecule has 1 N–H and O–H groups in total. The van der Waals surface area contributed by atoms with Gasteiger partial charge in [-0.3, -0.25) is 9.69 Å². The third-order valence-electron chi connectivity index (χ3n) is 6.43. The number of hydrogen-bond acceptors (Lipinski definition) is 5. The molecule has 0 spiro atoms. The first-order valence-electron chi connectivity index (χ1n) is 10.8. The summed E-state index contributed by atoms with van der Waals surface area (Å²) < 4.78 is 0. The Labute approximate surface area is 197 Å². The highest BCUT2D eigenvalue weighted by molar-refractivity contribution is 6.31. The van der Waals surface area contributed by atoms with E-state index in [0.717, 1.165) is 42.8 Å². The molecule has 5 rings (SSSR count). The molecule has 2 aromatic carbocycles. The van der Waals surface area contributed by atoms with Gasteiger partial charge in [-0.15, -0.1) is 0 Å². The lowest BCUT2D eigenvalue weighted by atomic mass is 10.1. The van der Waals surface area contributed by atoms with Gasteiger partial charge in [0.1, 0.15) is 5.82 Å². The Balaban J connectivity index is 1.25. The van der Waals surface area contributed by atoms with E-state index < -0.39 is 6.10 Å². The van der Waals surface area contributed by atoms with Crippen LogP contribution in [0.4, 0.5) is 5.82 Å². The SMILES string of the molecule is O=C(c1ccc(Cl)cc1)N1CC(O)C(N2CCN(c3nccc4cc(Cl)ccc34)CC2)C1. The maximum Gasteiger partial charge on any atom is 0.253 e. The number of carbonyl (C=O) groups is 1. The van der Waals surface area contributed by atoms with E-state index in [1.165, 1.54) is 0 Å². The molecule has 2 unspecified atom stereocenters. The number of aromatic nitrogens is 1. The normalized spacial score (nSPS) is 22.0. The fourth-order valence-electron chi connectivity index (χ4n) is 4.72. The number of pyridine rings is 1. The molecule has 2 aliphatic heterocycles. The van der Waals surface area contributed by atoms with Crippen LogP contribution in [0, 0.1) is 0 Å². The third-order valence-corrected chi connectivity index (χ3v) is 6.91. The second-order valence-electron chi connectivity index (χ2n) is 8.37. The summed E-state index contributed by atoms with van der Waals surface area (Å²) >= 11 is 12.1. The van der Waals surface area contributed by atoms with Crippen LogP contribution in [0.2, 0.25) is 10.0 Å². The molecule has 166 valence electrons. The summed E-state index contributed by atoms with van der Waals surface area (Å²) in [7, 11) is 0. The molecule has 0 bridgehead atoms. The number of β-amino-alcohol motifs (C(OH)–C–C–N with tert-alkyl or cyclic N) is 1. The van der Waals surface area contributed by atoms with Crippen molar-refractivity contribution < 1.29 is 9.90 Å². The van der Waals surface area contributed by atoms with Gasteiger partial charge in [-0.25, -0.2) is 4.98 Å². The van der Waals surface area contributed by atoms with Crippen LogP contribution >= 0.6 is 23.2 Å². The lowest BCUT2D eigenvalue weighted by molar-refractivity contribution is 0.0754. The van der Waals surface area contributed by atoms with Crippen LogP contribution in [0.25, 0.3) is 10.8 Å². The van der Waals surface area contributed by atoms with Crippen LogP contribution in [0.1, 0.15) is 10.4 Å². The number of halogens is 2. The quantitative estimate of drug-likeness (QED) is 0.634. The van der Waals surface area contributed by atoms with Crippen LogP contribution in [0.3, 0.4) is 0 Å². The number of likely N-dealkylation sites (tertiary alicyclic amines) is 1. The summed E-state index contributed by atoms with van der Waals surface area (Å²) in [6.07, 6.45) is 1.26. The number of aliphatic hydroxyl groups excluding tert-OH is 1. The van der Waals surface area contributed by atoms with Crippen molar-refractivity contribution in [3.63, 3.8) is 0 Å². The number of amides is 1. The van der Waals surface area contributed by atoms with E-state index in [4.69, 9.17) is 23.2 Å². The molecule has 0 saturated carbocycles. The Hall–Kier alpha value is -2.38. The van der Waals surface area contributed by atoms with Crippen molar-refractivity contribution in [2.75, 3.05) is 44.2 Å². The van der Waals surface area contributed by atoms with Crippen LogP contribution < -0.4 is 4.90 Å². The van der Waals surface area contributed by atoms with Crippen molar-refractivity contribution in [3.8, 4) is 0 Å². The Morgan fingerprint density at radius 1 is 0.938 bits per heavy atom. The van der Waals surface area contributed by atoms with Crippen molar-refractivity contribution >= 4 is 45.7 Å². The maximum absolute atomic E-state index is 12.8. The van der Waals surface area contributed by atoms with E-state index in [9.17, 15) is 9.90 Å². The largest absolute Gasteiger partial charge is 0.390 e. The zero-order valence-electron chi connectivity index (χ0n) is 17.5. The summed E-state index contributed by atoms with van der Waals surface area (Å²) in [5.74, 6) is 0.894. The molecular weight excluding hydrogens is 447 g/mol. The molecular formula is C24H24Cl2N4O2. The van der Waals surface area contributed by atoms with Gasteiger partial charge in [-0.2, -0.15) is 0 Å². The average Bonchev–Trinajstić information content (AvgIpc) is 3.20. The third kappa shape index (κ3) is 4.16. The van der Waals surface area contributed by atoms with Gasteiger partial charge in [0.05, 0.1) is 12.1 Å². The number of hydrogen-bond donors (Lipinski definition) is 1. The molecule has 3 heterocycles. The Morgan fingerprint density at radius 3 is 2.41 bits per heavy atom. The second kappa shape index (κ2) is 8.87.